The highest BCUT2D eigenvalue weighted by atomic mass is 15.0. The molecule has 2 nitrogen and oxygen atoms in total. The second kappa shape index (κ2) is 6.49. The zero-order valence-corrected chi connectivity index (χ0v) is 10.8. The molecule has 0 bridgehead atoms. The van der Waals surface area contributed by atoms with E-state index in [9.17, 15) is 0 Å². The Morgan fingerprint density at radius 2 is 2.07 bits per heavy atom. The van der Waals surface area contributed by atoms with Crippen molar-refractivity contribution in [2.24, 2.45) is 17.8 Å². The largest absolute Gasteiger partial charge is 0.315 e. The van der Waals surface area contributed by atoms with Gasteiger partial charge >= 0.3 is 0 Å². The number of rotatable bonds is 5. The van der Waals surface area contributed by atoms with Crippen LogP contribution in [0.15, 0.2) is 0 Å². The van der Waals surface area contributed by atoms with E-state index in [1.807, 2.05) is 0 Å². The molecule has 0 saturated carbocycles. The molecule has 1 aliphatic rings. The summed E-state index contributed by atoms with van der Waals surface area (Å²) in [5.74, 6) is 2.47. The Morgan fingerprint density at radius 1 is 1.33 bits per heavy atom. The summed E-state index contributed by atoms with van der Waals surface area (Å²) in [6.45, 7) is 12.8. The molecule has 2 heteroatoms. The van der Waals surface area contributed by atoms with E-state index in [1.165, 1.54) is 19.4 Å². The summed E-state index contributed by atoms with van der Waals surface area (Å²) in [6.07, 6.45) is 2.68. The van der Waals surface area contributed by atoms with Gasteiger partial charge in [-0.25, -0.2) is 0 Å². The van der Waals surface area contributed by atoms with Crippen LogP contribution in [-0.2, 0) is 0 Å². The topological polar surface area (TPSA) is 24.1 Å². The first-order valence-corrected chi connectivity index (χ1v) is 6.53. The summed E-state index contributed by atoms with van der Waals surface area (Å²) in [4.78, 5) is 0. The monoisotopic (exact) mass is 212 g/mol. The van der Waals surface area contributed by atoms with E-state index < -0.39 is 0 Å². The molecule has 3 unspecified atom stereocenters. The van der Waals surface area contributed by atoms with Crippen molar-refractivity contribution >= 4 is 0 Å². The van der Waals surface area contributed by atoms with E-state index in [1.54, 1.807) is 0 Å². The average Bonchev–Trinajstić information content (AvgIpc) is 2.17. The molecule has 0 radical (unpaired) electrons. The zero-order valence-electron chi connectivity index (χ0n) is 10.8. The molecule has 0 spiro atoms. The molecular weight excluding hydrogens is 184 g/mol. The minimum Gasteiger partial charge on any atom is -0.315 e. The minimum atomic E-state index is 0.702. The van der Waals surface area contributed by atoms with Crippen LogP contribution >= 0.6 is 0 Å². The average molecular weight is 212 g/mol. The van der Waals surface area contributed by atoms with Crippen LogP contribution in [0.5, 0.6) is 0 Å². The second-order valence-electron chi connectivity index (χ2n) is 5.66. The standard InChI is InChI=1S/C13H28N2/c1-10(2)12(4)8-14-9-13-7-11(3)5-6-15-13/h10-15H,5-9H2,1-4H3. The molecule has 1 fully saturated rings. The maximum absolute atomic E-state index is 3.59. The quantitative estimate of drug-likeness (QED) is 0.730. The lowest BCUT2D eigenvalue weighted by Crippen LogP contribution is -2.44. The normalized spacial score (nSPS) is 29.4. The van der Waals surface area contributed by atoms with E-state index in [2.05, 4.69) is 38.3 Å². The highest BCUT2D eigenvalue weighted by Gasteiger charge is 2.17. The van der Waals surface area contributed by atoms with Crippen LogP contribution in [-0.4, -0.2) is 25.7 Å². The molecular formula is C13H28N2. The Kier molecular flexibility index (Phi) is 5.62. The van der Waals surface area contributed by atoms with Gasteiger partial charge in [0.1, 0.15) is 0 Å². The molecule has 1 heterocycles. The van der Waals surface area contributed by atoms with Gasteiger partial charge in [-0.2, -0.15) is 0 Å². The van der Waals surface area contributed by atoms with Gasteiger partial charge in [-0.3, -0.25) is 0 Å². The molecule has 0 aromatic rings. The molecule has 0 aromatic carbocycles. The number of piperidine rings is 1. The van der Waals surface area contributed by atoms with E-state index in [0.717, 1.165) is 30.8 Å². The maximum Gasteiger partial charge on any atom is 0.0195 e. The second-order valence-corrected chi connectivity index (χ2v) is 5.66. The lowest BCUT2D eigenvalue weighted by molar-refractivity contribution is 0.300. The van der Waals surface area contributed by atoms with Crippen LogP contribution in [0.3, 0.4) is 0 Å². The number of hydrogen-bond donors (Lipinski definition) is 2. The van der Waals surface area contributed by atoms with Crippen LogP contribution in [0, 0.1) is 17.8 Å². The van der Waals surface area contributed by atoms with Crippen LogP contribution in [0.1, 0.15) is 40.5 Å². The lowest BCUT2D eigenvalue weighted by Gasteiger charge is -2.29. The van der Waals surface area contributed by atoms with Gasteiger partial charge in [-0.05, 0) is 43.7 Å². The predicted molar refractivity (Wildman–Crippen MR) is 67.1 cm³/mol. The molecule has 90 valence electrons. The van der Waals surface area contributed by atoms with Gasteiger partial charge < -0.3 is 10.6 Å². The first-order chi connectivity index (χ1) is 7.09. The van der Waals surface area contributed by atoms with E-state index >= 15 is 0 Å². The molecule has 3 atom stereocenters. The van der Waals surface area contributed by atoms with Gasteiger partial charge in [0.15, 0.2) is 0 Å². The third-order valence-electron chi connectivity index (χ3n) is 3.75. The summed E-state index contributed by atoms with van der Waals surface area (Å²) >= 11 is 0. The molecule has 0 amide bonds. The first-order valence-electron chi connectivity index (χ1n) is 6.53. The van der Waals surface area contributed by atoms with Gasteiger partial charge in [0, 0.05) is 12.6 Å². The van der Waals surface area contributed by atoms with Gasteiger partial charge in [0.25, 0.3) is 0 Å². The van der Waals surface area contributed by atoms with Crippen LogP contribution in [0.2, 0.25) is 0 Å². The lowest BCUT2D eigenvalue weighted by atomic mass is 9.94. The zero-order chi connectivity index (χ0) is 11.3. The van der Waals surface area contributed by atoms with Crippen molar-refractivity contribution in [3.8, 4) is 0 Å². The van der Waals surface area contributed by atoms with Crippen molar-refractivity contribution in [1.82, 2.24) is 10.6 Å². The van der Waals surface area contributed by atoms with E-state index in [0.29, 0.717) is 6.04 Å². The third kappa shape index (κ3) is 4.98. The van der Waals surface area contributed by atoms with Gasteiger partial charge in [-0.15, -0.1) is 0 Å². The van der Waals surface area contributed by atoms with E-state index in [-0.39, 0.29) is 0 Å². The minimum absolute atomic E-state index is 0.702. The molecule has 2 N–H and O–H groups in total. The summed E-state index contributed by atoms with van der Waals surface area (Å²) in [7, 11) is 0. The molecule has 0 aliphatic carbocycles. The molecule has 0 aromatic heterocycles. The Morgan fingerprint density at radius 3 is 2.67 bits per heavy atom. The summed E-state index contributed by atoms with van der Waals surface area (Å²) in [6, 6.07) is 0.702. The van der Waals surface area contributed by atoms with Crippen LogP contribution < -0.4 is 10.6 Å². The fraction of sp³-hybridized carbons (Fsp3) is 1.00. The highest BCUT2D eigenvalue weighted by molar-refractivity contribution is 4.78. The SMILES string of the molecule is CC1CCNC(CNCC(C)C(C)C)C1. The first kappa shape index (κ1) is 13.0. The number of nitrogens with one attached hydrogen (secondary N) is 2. The van der Waals surface area contributed by atoms with Crippen molar-refractivity contribution in [3.05, 3.63) is 0 Å². The van der Waals surface area contributed by atoms with Crippen molar-refractivity contribution < 1.29 is 0 Å². The number of hydrogen-bond acceptors (Lipinski definition) is 2. The molecule has 15 heavy (non-hydrogen) atoms. The molecule has 1 saturated heterocycles. The fourth-order valence-corrected chi connectivity index (χ4v) is 2.10. The van der Waals surface area contributed by atoms with E-state index in [4.69, 9.17) is 0 Å². The maximum atomic E-state index is 3.59. The van der Waals surface area contributed by atoms with Gasteiger partial charge in [-0.1, -0.05) is 27.7 Å². The Bertz CT molecular complexity index is 168. The van der Waals surface area contributed by atoms with Gasteiger partial charge in [0.05, 0.1) is 0 Å². The van der Waals surface area contributed by atoms with Crippen LogP contribution in [0.4, 0.5) is 0 Å². The Balaban J connectivity index is 2.09. The predicted octanol–water partition coefficient (Wildman–Crippen LogP) is 2.26. The van der Waals surface area contributed by atoms with Crippen molar-refractivity contribution in [1.29, 1.82) is 0 Å². The van der Waals surface area contributed by atoms with Crippen LogP contribution in [0.25, 0.3) is 0 Å². The van der Waals surface area contributed by atoms with Crippen molar-refractivity contribution in [2.45, 2.75) is 46.6 Å². The molecule has 1 rings (SSSR count). The summed E-state index contributed by atoms with van der Waals surface area (Å²) in [5, 5.41) is 7.18. The third-order valence-corrected chi connectivity index (χ3v) is 3.75. The van der Waals surface area contributed by atoms with Crippen molar-refractivity contribution in [2.75, 3.05) is 19.6 Å². The summed E-state index contributed by atoms with van der Waals surface area (Å²) in [5.41, 5.74) is 0. The molecule has 1 aliphatic heterocycles. The Hall–Kier alpha value is -0.0800. The van der Waals surface area contributed by atoms with Crippen molar-refractivity contribution in [3.63, 3.8) is 0 Å². The highest BCUT2D eigenvalue weighted by Crippen LogP contribution is 2.14. The van der Waals surface area contributed by atoms with Gasteiger partial charge in [0.2, 0.25) is 0 Å². The Labute approximate surface area is 95.2 Å². The summed E-state index contributed by atoms with van der Waals surface area (Å²) < 4.78 is 0. The smallest absolute Gasteiger partial charge is 0.0195 e. The fourth-order valence-electron chi connectivity index (χ4n) is 2.10.